The van der Waals surface area contributed by atoms with Crippen molar-refractivity contribution < 1.29 is 57.4 Å². The number of carbonyl (C=O) groups is 4. The molecule has 0 heterocycles. The first kappa shape index (κ1) is 39.0. The average molecular weight is 612 g/mol. The molecule has 0 aromatic carbocycles. The fourth-order valence-corrected chi connectivity index (χ4v) is 4.53. The van der Waals surface area contributed by atoms with Crippen molar-refractivity contribution in [2.75, 3.05) is 19.8 Å². The molecule has 0 aliphatic carbocycles. The van der Waals surface area contributed by atoms with E-state index in [-0.39, 0.29) is 25.7 Å². The molecule has 0 fully saturated rings. The minimum Gasteiger partial charge on any atom is -0.481 e. The monoisotopic (exact) mass is 611 g/mol. The summed E-state index contributed by atoms with van der Waals surface area (Å²) in [4.78, 5) is 55.3. The van der Waals surface area contributed by atoms with Gasteiger partial charge >= 0.3 is 31.7 Å². The van der Waals surface area contributed by atoms with Crippen LogP contribution >= 0.6 is 7.82 Å². The van der Waals surface area contributed by atoms with Gasteiger partial charge in [0.15, 0.2) is 6.10 Å². The van der Waals surface area contributed by atoms with E-state index in [1.54, 1.807) is 0 Å². The Labute approximate surface area is 243 Å². The molecule has 5 N–H and O–H groups in total. The van der Waals surface area contributed by atoms with E-state index in [1.165, 1.54) is 57.8 Å². The van der Waals surface area contributed by atoms with E-state index in [9.17, 15) is 28.6 Å². The van der Waals surface area contributed by atoms with Gasteiger partial charge in [0.1, 0.15) is 12.6 Å². The maximum Gasteiger partial charge on any atom is 0.472 e. The minimum atomic E-state index is -4.76. The second-order valence-electron chi connectivity index (χ2n) is 10.0. The van der Waals surface area contributed by atoms with Crippen molar-refractivity contribution in [3.8, 4) is 0 Å². The van der Waals surface area contributed by atoms with Gasteiger partial charge in [-0.15, -0.1) is 0 Å². The zero-order chi connectivity index (χ0) is 30.9. The Morgan fingerprint density at radius 2 is 1.17 bits per heavy atom. The van der Waals surface area contributed by atoms with Crippen molar-refractivity contribution in [3.63, 3.8) is 0 Å². The number of nitrogens with two attached hydrogens (primary N) is 1. The van der Waals surface area contributed by atoms with Crippen LogP contribution in [-0.2, 0) is 42.3 Å². The van der Waals surface area contributed by atoms with Crippen LogP contribution in [0, 0.1) is 0 Å². The number of phosphoric acid groups is 1. The summed E-state index contributed by atoms with van der Waals surface area (Å²) in [5.74, 6) is -3.88. The van der Waals surface area contributed by atoms with Crippen LogP contribution in [0.3, 0.4) is 0 Å². The van der Waals surface area contributed by atoms with Gasteiger partial charge in [-0.2, -0.15) is 0 Å². The standard InChI is InChI=1S/C27H50NO12P/c1-2-3-4-5-6-7-8-9-10-11-12-13-14-17-25(31)37-19-22(40-26(32)18-15-16-24(29)30)20-38-41(35,36)39-21-23(28)27(33)34/h22-23H,2-21,28H2,1H3,(H,29,30)(H,33,34)(H,35,36)/t22-,23+/m1/s1. The molecule has 0 aliphatic heterocycles. The third-order valence-corrected chi connectivity index (χ3v) is 7.09. The molecule has 0 aromatic rings. The second-order valence-corrected chi connectivity index (χ2v) is 11.5. The second kappa shape index (κ2) is 24.5. The van der Waals surface area contributed by atoms with Gasteiger partial charge in [-0.25, -0.2) is 4.57 Å². The lowest BCUT2D eigenvalue weighted by molar-refractivity contribution is -0.161. The van der Waals surface area contributed by atoms with E-state index < -0.39 is 63.7 Å². The van der Waals surface area contributed by atoms with E-state index in [0.717, 1.165) is 19.3 Å². The Morgan fingerprint density at radius 3 is 1.68 bits per heavy atom. The molecular weight excluding hydrogens is 561 g/mol. The van der Waals surface area contributed by atoms with Crippen molar-refractivity contribution >= 4 is 31.7 Å². The first-order valence-electron chi connectivity index (χ1n) is 14.6. The van der Waals surface area contributed by atoms with Gasteiger partial charge in [0.25, 0.3) is 0 Å². The Kier molecular flexibility index (Phi) is 23.3. The van der Waals surface area contributed by atoms with Gasteiger partial charge < -0.3 is 30.3 Å². The Hall–Kier alpha value is -2.05. The Morgan fingerprint density at radius 1 is 0.683 bits per heavy atom. The van der Waals surface area contributed by atoms with Gasteiger partial charge in [-0.05, 0) is 12.8 Å². The van der Waals surface area contributed by atoms with Crippen LogP contribution in [0.4, 0.5) is 0 Å². The van der Waals surface area contributed by atoms with E-state index in [0.29, 0.717) is 6.42 Å². The number of phosphoric ester groups is 1. The van der Waals surface area contributed by atoms with Gasteiger partial charge in [0, 0.05) is 19.3 Å². The molecule has 14 heteroatoms. The lowest BCUT2D eigenvalue weighted by atomic mass is 10.0. The molecule has 13 nitrogen and oxygen atoms in total. The number of aliphatic carboxylic acids is 2. The smallest absolute Gasteiger partial charge is 0.472 e. The number of esters is 2. The maximum atomic E-state index is 12.2. The summed E-state index contributed by atoms with van der Waals surface area (Å²) in [6.45, 7) is 0.245. The van der Waals surface area contributed by atoms with Gasteiger partial charge in [0.2, 0.25) is 0 Å². The molecule has 0 bridgehead atoms. The number of rotatable bonds is 28. The average Bonchev–Trinajstić information content (AvgIpc) is 2.91. The van der Waals surface area contributed by atoms with Crippen molar-refractivity contribution in [1.29, 1.82) is 0 Å². The Balaban J connectivity index is 4.36. The van der Waals surface area contributed by atoms with Crippen LogP contribution in [0.1, 0.15) is 116 Å². The van der Waals surface area contributed by atoms with Crippen molar-refractivity contribution in [2.45, 2.75) is 128 Å². The molecule has 0 saturated carbocycles. The molecule has 0 spiro atoms. The van der Waals surface area contributed by atoms with Gasteiger partial charge in [-0.3, -0.25) is 28.2 Å². The highest BCUT2D eigenvalue weighted by Gasteiger charge is 2.28. The fraction of sp³-hybridized carbons (Fsp3) is 0.852. The molecule has 240 valence electrons. The number of carboxylic acid groups (broad SMARTS) is 2. The zero-order valence-electron chi connectivity index (χ0n) is 24.3. The summed E-state index contributed by atoms with van der Waals surface area (Å²) >= 11 is 0. The third-order valence-electron chi connectivity index (χ3n) is 6.14. The van der Waals surface area contributed by atoms with Crippen LogP contribution in [0.25, 0.3) is 0 Å². The largest absolute Gasteiger partial charge is 0.481 e. The highest BCUT2D eigenvalue weighted by atomic mass is 31.2. The van der Waals surface area contributed by atoms with Gasteiger partial charge in [-0.1, -0.05) is 84.0 Å². The summed E-state index contributed by atoms with van der Waals surface area (Å²) in [5.41, 5.74) is 5.22. The molecule has 41 heavy (non-hydrogen) atoms. The topological polar surface area (TPSA) is 209 Å². The minimum absolute atomic E-state index is 0.00919. The first-order chi connectivity index (χ1) is 19.5. The van der Waals surface area contributed by atoms with E-state index >= 15 is 0 Å². The zero-order valence-corrected chi connectivity index (χ0v) is 25.2. The molecule has 0 saturated heterocycles. The molecule has 0 radical (unpaired) electrons. The lowest BCUT2D eigenvalue weighted by Crippen LogP contribution is -2.34. The summed E-state index contributed by atoms with van der Waals surface area (Å²) in [6.07, 6.45) is 13.6. The molecule has 0 amide bonds. The highest BCUT2D eigenvalue weighted by Crippen LogP contribution is 2.43. The number of hydrogen-bond acceptors (Lipinski definition) is 10. The van der Waals surface area contributed by atoms with Crippen molar-refractivity contribution in [3.05, 3.63) is 0 Å². The molecule has 0 rings (SSSR count). The predicted molar refractivity (Wildman–Crippen MR) is 150 cm³/mol. The van der Waals surface area contributed by atoms with Crippen LogP contribution in [0.5, 0.6) is 0 Å². The molecule has 0 aromatic heterocycles. The third kappa shape index (κ3) is 25.4. The van der Waals surface area contributed by atoms with Gasteiger partial charge in [0.05, 0.1) is 13.2 Å². The maximum absolute atomic E-state index is 12.2. The lowest BCUT2D eigenvalue weighted by Gasteiger charge is -2.20. The van der Waals surface area contributed by atoms with Crippen LogP contribution < -0.4 is 5.73 Å². The fourth-order valence-electron chi connectivity index (χ4n) is 3.75. The quantitative estimate of drug-likeness (QED) is 0.0537. The SMILES string of the molecule is CCCCCCCCCCCCCCCC(=O)OC[C@H](COP(=O)(O)OC[C@H](N)C(=O)O)OC(=O)CCCC(=O)O. The summed E-state index contributed by atoms with van der Waals surface area (Å²) < 4.78 is 31.6. The number of unbranched alkanes of at least 4 members (excludes halogenated alkanes) is 12. The van der Waals surface area contributed by atoms with E-state index in [1.807, 2.05) is 0 Å². The molecule has 0 aliphatic rings. The summed E-state index contributed by atoms with van der Waals surface area (Å²) in [6, 6.07) is -1.56. The summed E-state index contributed by atoms with van der Waals surface area (Å²) in [7, 11) is -4.76. The van der Waals surface area contributed by atoms with Crippen LogP contribution in [0.2, 0.25) is 0 Å². The van der Waals surface area contributed by atoms with Crippen molar-refractivity contribution in [2.24, 2.45) is 5.73 Å². The normalized spacial score (nSPS) is 14.1. The van der Waals surface area contributed by atoms with Crippen LogP contribution in [0.15, 0.2) is 0 Å². The number of carboxylic acids is 2. The summed E-state index contributed by atoms with van der Waals surface area (Å²) in [5, 5.41) is 17.4. The first-order valence-corrected chi connectivity index (χ1v) is 16.1. The molecular formula is C27H50NO12P. The highest BCUT2D eigenvalue weighted by molar-refractivity contribution is 7.47. The predicted octanol–water partition coefficient (Wildman–Crippen LogP) is 4.72. The van der Waals surface area contributed by atoms with E-state index in [2.05, 4.69) is 11.4 Å². The molecule has 1 unspecified atom stereocenters. The van der Waals surface area contributed by atoms with Crippen LogP contribution in [-0.4, -0.2) is 71.0 Å². The van der Waals surface area contributed by atoms with Crippen molar-refractivity contribution in [1.82, 2.24) is 0 Å². The Bertz CT molecular complexity index is 794. The number of ether oxygens (including phenoxy) is 2. The van der Waals surface area contributed by atoms with E-state index in [4.69, 9.17) is 29.9 Å². The number of carbonyl (C=O) groups excluding carboxylic acids is 2. The molecule has 3 atom stereocenters. The number of hydrogen-bond donors (Lipinski definition) is 4.